The van der Waals surface area contributed by atoms with Gasteiger partial charge in [0.15, 0.2) is 18.9 Å². The van der Waals surface area contributed by atoms with Crippen molar-refractivity contribution in [2.24, 2.45) is 0 Å². The number of unbranched alkanes of at least 4 members (excludes halogenated alkanes) is 16. The van der Waals surface area contributed by atoms with Crippen molar-refractivity contribution in [1.29, 1.82) is 0 Å². The molecule has 0 aromatic carbocycles. The molecule has 1 amide bonds. The summed E-state index contributed by atoms with van der Waals surface area (Å²) >= 11 is 0. The molecule has 0 aromatic heterocycles. The smallest absolute Gasteiger partial charge is 0.220 e. The second-order valence-electron chi connectivity index (χ2n) is 25.3. The predicted molar refractivity (Wildman–Crippen MR) is 382 cm³/mol. The highest BCUT2D eigenvalue weighted by atomic mass is 16.8. The Balaban J connectivity index is 1.30. The summed E-state index contributed by atoms with van der Waals surface area (Å²) in [5.74, 6) is -0.299. The van der Waals surface area contributed by atoms with E-state index in [0.717, 1.165) is 122 Å². The minimum atomic E-state index is -1.99. The largest absolute Gasteiger partial charge is 0.394 e. The van der Waals surface area contributed by atoms with E-state index in [2.05, 4.69) is 153 Å². The lowest BCUT2D eigenvalue weighted by molar-refractivity contribution is -0.379. The quantitative estimate of drug-likeness (QED) is 0.0199. The van der Waals surface area contributed by atoms with Crippen molar-refractivity contribution in [1.82, 2.24) is 5.32 Å². The molecule has 552 valence electrons. The average molecular weight is 1370 g/mol. The van der Waals surface area contributed by atoms with Gasteiger partial charge in [0, 0.05) is 6.42 Å². The molecule has 12 N–H and O–H groups in total. The third-order valence-corrected chi connectivity index (χ3v) is 17.1. The number of nitrogens with one attached hydrogen (secondary N) is 1. The van der Waals surface area contributed by atoms with Gasteiger partial charge in [-0.1, -0.05) is 237 Å². The normalized spacial score (nSPS) is 27.8. The van der Waals surface area contributed by atoms with Gasteiger partial charge < -0.3 is 89.9 Å². The van der Waals surface area contributed by atoms with Crippen molar-refractivity contribution < 1.29 is 89.4 Å². The van der Waals surface area contributed by atoms with Gasteiger partial charge in [-0.2, -0.15) is 0 Å². The summed E-state index contributed by atoms with van der Waals surface area (Å²) in [6.07, 6.45) is 55.8. The van der Waals surface area contributed by atoms with E-state index >= 15 is 0 Å². The number of amides is 1. The van der Waals surface area contributed by atoms with Crippen molar-refractivity contribution in [3.63, 3.8) is 0 Å². The van der Waals surface area contributed by atoms with Crippen LogP contribution in [0, 0.1) is 0 Å². The number of aliphatic hydroxyl groups excluding tert-OH is 11. The summed E-state index contributed by atoms with van der Waals surface area (Å²) in [5.41, 5.74) is 0. The number of ether oxygens (including phenoxy) is 6. The Kier molecular flexibility index (Phi) is 51.3. The molecular weight excluding hydrogens is 1240 g/mol. The predicted octanol–water partition coefficient (Wildman–Crippen LogP) is 10.7. The van der Waals surface area contributed by atoms with Crippen molar-refractivity contribution >= 4 is 5.91 Å². The van der Waals surface area contributed by atoms with E-state index in [1.54, 1.807) is 6.08 Å². The maximum atomic E-state index is 13.4. The molecule has 3 fully saturated rings. The molecule has 97 heavy (non-hydrogen) atoms. The zero-order valence-electron chi connectivity index (χ0n) is 58.5. The topological polar surface area (TPSA) is 307 Å². The lowest BCUT2D eigenvalue weighted by Gasteiger charge is -2.48. The molecule has 3 aliphatic heterocycles. The van der Waals surface area contributed by atoms with Gasteiger partial charge in [0.05, 0.1) is 38.6 Å². The fourth-order valence-corrected chi connectivity index (χ4v) is 11.2. The van der Waals surface area contributed by atoms with Crippen LogP contribution in [-0.2, 0) is 33.2 Å². The lowest BCUT2D eigenvalue weighted by atomic mass is 9.96. The van der Waals surface area contributed by atoms with E-state index in [0.29, 0.717) is 12.8 Å². The third kappa shape index (κ3) is 38.3. The molecule has 17 atom stereocenters. The SMILES string of the molecule is CC/C=C\C/C=C\C/C=C\C/C=C\C/C=C\C/C=C\C/C=C\C/C=C\C/C=C\CCCCCCCCCCCCCCCC(=O)NC(COC1OC(CO)C(OC2OC(CO)C(OC3OC(CO)C(O)C(O)C3O)C(O)C2O)C(O)C1O)C(O)/C=C/CC/C=C/CC/C=C/CCC. The second kappa shape index (κ2) is 57.3. The fraction of sp³-hybridized carbons (Fsp3) is 0.679. The molecule has 0 saturated carbocycles. The molecule has 17 unspecified atom stereocenters. The minimum absolute atomic E-state index is 0.221. The molecule has 0 spiro atoms. The van der Waals surface area contributed by atoms with Gasteiger partial charge in [0.2, 0.25) is 5.91 Å². The summed E-state index contributed by atoms with van der Waals surface area (Å²) in [5, 5.41) is 120. The molecule has 0 radical (unpaired) electrons. The molecule has 19 heteroatoms. The molecule has 3 aliphatic rings. The first kappa shape index (κ1) is 86.9. The summed E-state index contributed by atoms with van der Waals surface area (Å²) < 4.78 is 34.2. The van der Waals surface area contributed by atoms with Crippen LogP contribution in [-0.4, -0.2) is 193 Å². The van der Waals surface area contributed by atoms with Gasteiger partial charge >= 0.3 is 0 Å². The van der Waals surface area contributed by atoms with Gasteiger partial charge in [-0.25, -0.2) is 0 Å². The first-order valence-electron chi connectivity index (χ1n) is 36.6. The molecule has 3 heterocycles. The van der Waals surface area contributed by atoms with Gasteiger partial charge in [0.1, 0.15) is 73.2 Å². The van der Waals surface area contributed by atoms with Crippen LogP contribution in [0.15, 0.2) is 146 Å². The Bertz CT molecular complexity index is 2320. The van der Waals surface area contributed by atoms with Crippen LogP contribution in [0.4, 0.5) is 0 Å². The van der Waals surface area contributed by atoms with Crippen LogP contribution in [0.3, 0.4) is 0 Å². The summed E-state index contributed by atoms with van der Waals surface area (Å²) in [6.45, 7) is 1.48. The molecule has 0 aromatic rings. The Hall–Kier alpha value is -4.33. The number of carbonyl (C=O) groups is 1. The third-order valence-electron chi connectivity index (χ3n) is 17.1. The van der Waals surface area contributed by atoms with Crippen LogP contribution >= 0.6 is 0 Å². The highest BCUT2D eigenvalue weighted by Gasteiger charge is 2.53. The van der Waals surface area contributed by atoms with Crippen LogP contribution in [0.25, 0.3) is 0 Å². The van der Waals surface area contributed by atoms with Crippen LogP contribution in [0.1, 0.15) is 206 Å². The first-order valence-corrected chi connectivity index (χ1v) is 36.6. The Labute approximate surface area is 581 Å². The van der Waals surface area contributed by atoms with E-state index in [1.807, 2.05) is 6.08 Å². The van der Waals surface area contributed by atoms with Crippen molar-refractivity contribution in [3.05, 3.63) is 146 Å². The zero-order chi connectivity index (χ0) is 70.4. The monoisotopic (exact) mass is 1370 g/mol. The van der Waals surface area contributed by atoms with Gasteiger partial charge in [0.25, 0.3) is 0 Å². The van der Waals surface area contributed by atoms with E-state index in [-0.39, 0.29) is 18.9 Å². The molecular formula is C78H127NO18. The van der Waals surface area contributed by atoms with Gasteiger partial charge in [-0.3, -0.25) is 4.79 Å². The van der Waals surface area contributed by atoms with Gasteiger partial charge in [-0.15, -0.1) is 0 Å². The molecule has 19 nitrogen and oxygen atoms in total. The Morgan fingerprint density at radius 1 is 0.381 bits per heavy atom. The molecule has 3 saturated heterocycles. The number of hydrogen-bond donors (Lipinski definition) is 12. The number of hydrogen-bond acceptors (Lipinski definition) is 18. The maximum absolute atomic E-state index is 13.4. The van der Waals surface area contributed by atoms with E-state index in [4.69, 9.17) is 28.4 Å². The number of carbonyl (C=O) groups excluding carboxylic acids is 1. The van der Waals surface area contributed by atoms with E-state index in [1.165, 1.54) is 51.4 Å². The maximum Gasteiger partial charge on any atom is 0.220 e. The standard InChI is InChI=1S/C78H127NO18/c1-3-5-7-9-11-13-15-16-17-18-19-20-21-22-23-24-25-26-27-28-29-30-31-32-33-34-35-36-37-38-39-40-41-42-43-44-46-48-50-52-54-56-66(84)79-61(62(83)55-53-51-49-47-45-14-12-10-8-6-4-2)60-92-76-72(90)69(87)74(64(58-81)94-76)97-78-73(91)70(88)75(65(59-82)95-78)96-77-71(89)68(86)67(85)63(57-80)93-77/h5,7-8,10-11,13,16-17,19-20,22-23,25-26,28-29,31-32,34-35,45,47,53,55,61-65,67-78,80-83,85-91H,3-4,6,9,12,14-15,18,21,24,27,30,33,36-44,46,48-52,54,56-60H2,1-2H3,(H,79,84)/b7-5-,10-8+,13-11-,17-16-,20-19-,23-22-,26-25-,29-28-,32-31-,35-34-,47-45+,55-53+. The Morgan fingerprint density at radius 3 is 1.14 bits per heavy atom. The fourth-order valence-electron chi connectivity index (χ4n) is 11.2. The summed E-state index contributed by atoms with van der Waals surface area (Å²) in [4.78, 5) is 13.4. The number of allylic oxidation sites excluding steroid dienone is 23. The van der Waals surface area contributed by atoms with Crippen molar-refractivity contribution in [3.8, 4) is 0 Å². The molecule has 0 aliphatic carbocycles. The van der Waals surface area contributed by atoms with Crippen LogP contribution in [0.2, 0.25) is 0 Å². The minimum Gasteiger partial charge on any atom is -0.394 e. The first-order chi connectivity index (χ1) is 47.3. The van der Waals surface area contributed by atoms with Crippen LogP contribution < -0.4 is 5.32 Å². The highest BCUT2D eigenvalue weighted by Crippen LogP contribution is 2.33. The van der Waals surface area contributed by atoms with Crippen LogP contribution in [0.5, 0.6) is 0 Å². The summed E-state index contributed by atoms with van der Waals surface area (Å²) in [6, 6.07) is -1.00. The summed E-state index contributed by atoms with van der Waals surface area (Å²) in [7, 11) is 0. The van der Waals surface area contributed by atoms with E-state index < -0.39 is 124 Å². The molecule has 0 bridgehead atoms. The average Bonchev–Trinajstić information content (AvgIpc) is 0.790. The van der Waals surface area contributed by atoms with Gasteiger partial charge in [-0.05, 0) is 109 Å². The number of aliphatic hydroxyl groups is 11. The second-order valence-corrected chi connectivity index (χ2v) is 25.3. The highest BCUT2D eigenvalue weighted by molar-refractivity contribution is 5.76. The molecule has 3 rings (SSSR count). The lowest BCUT2D eigenvalue weighted by Crippen LogP contribution is -2.66. The van der Waals surface area contributed by atoms with Crippen molar-refractivity contribution in [2.75, 3.05) is 26.4 Å². The zero-order valence-corrected chi connectivity index (χ0v) is 58.5. The van der Waals surface area contributed by atoms with Crippen molar-refractivity contribution in [2.45, 2.75) is 311 Å². The van der Waals surface area contributed by atoms with E-state index in [9.17, 15) is 61.0 Å². The Morgan fingerprint density at radius 2 is 0.722 bits per heavy atom. The number of rotatable bonds is 54.